The van der Waals surface area contributed by atoms with Crippen LogP contribution >= 0.6 is 11.8 Å². The van der Waals surface area contributed by atoms with E-state index in [9.17, 15) is 23.2 Å². The van der Waals surface area contributed by atoms with Crippen molar-refractivity contribution in [2.24, 2.45) is 5.92 Å². The summed E-state index contributed by atoms with van der Waals surface area (Å²) < 4.78 is 38.6. The van der Waals surface area contributed by atoms with Crippen molar-refractivity contribution in [3.05, 3.63) is 45.9 Å². The first kappa shape index (κ1) is 23.3. The Bertz CT molecular complexity index is 685. The number of nitriles is 1. The number of Topliss-reactive ketones (excluding diaryl/α,β-unsaturated/α-hetero) is 1. The SMILES string of the molecule is CCCC/C(C#N)=C(/CCC(=O)c1ccc(CC(C)C)cc1)SC(F)(F)F. The van der Waals surface area contributed by atoms with Crippen LogP contribution in [0.3, 0.4) is 0 Å². The zero-order valence-corrected chi connectivity index (χ0v) is 16.8. The molecule has 0 amide bonds. The first-order valence-electron chi connectivity index (χ1n) is 9.16. The van der Waals surface area contributed by atoms with Crippen LogP contribution < -0.4 is 0 Å². The fourth-order valence-corrected chi connectivity index (χ4v) is 3.44. The minimum Gasteiger partial charge on any atom is -0.294 e. The Morgan fingerprint density at radius 1 is 1.15 bits per heavy atom. The smallest absolute Gasteiger partial charge is 0.294 e. The minimum atomic E-state index is -4.47. The predicted molar refractivity (Wildman–Crippen MR) is 104 cm³/mol. The van der Waals surface area contributed by atoms with E-state index in [2.05, 4.69) is 13.8 Å². The summed E-state index contributed by atoms with van der Waals surface area (Å²) in [6.07, 6.45) is 2.55. The van der Waals surface area contributed by atoms with E-state index >= 15 is 0 Å². The van der Waals surface area contributed by atoms with E-state index in [-0.39, 0.29) is 40.9 Å². The minimum absolute atomic E-state index is 0.0387. The highest BCUT2D eigenvalue weighted by Gasteiger charge is 2.31. The van der Waals surface area contributed by atoms with Crippen molar-refractivity contribution < 1.29 is 18.0 Å². The van der Waals surface area contributed by atoms with Gasteiger partial charge in [0, 0.05) is 22.5 Å². The second-order valence-corrected chi connectivity index (χ2v) is 8.04. The third kappa shape index (κ3) is 9.14. The molecule has 1 aromatic carbocycles. The molecule has 2 nitrogen and oxygen atoms in total. The number of alkyl halides is 3. The van der Waals surface area contributed by atoms with Crippen molar-refractivity contribution in [1.82, 2.24) is 0 Å². The first-order chi connectivity index (χ1) is 12.7. The lowest BCUT2D eigenvalue weighted by atomic mass is 9.99. The van der Waals surface area contributed by atoms with Gasteiger partial charge < -0.3 is 0 Å². The van der Waals surface area contributed by atoms with E-state index in [1.54, 1.807) is 12.1 Å². The molecule has 0 aromatic heterocycles. The average molecular weight is 398 g/mol. The lowest BCUT2D eigenvalue weighted by Crippen LogP contribution is -2.05. The molecule has 0 aliphatic heterocycles. The van der Waals surface area contributed by atoms with Crippen LogP contribution in [-0.4, -0.2) is 11.3 Å². The Kier molecular flexibility index (Phi) is 9.65. The zero-order valence-electron chi connectivity index (χ0n) is 16.0. The largest absolute Gasteiger partial charge is 0.446 e. The Labute approximate surface area is 163 Å². The highest BCUT2D eigenvalue weighted by molar-refractivity contribution is 8.03. The monoisotopic (exact) mass is 397 g/mol. The molecule has 0 atom stereocenters. The molecule has 0 fully saturated rings. The standard InChI is InChI=1S/C21H26F3NOS/c1-4-5-6-18(14-25)20(27-21(22,23)24)12-11-19(26)17-9-7-16(8-10-17)13-15(2)3/h7-10,15H,4-6,11-13H2,1-3H3/b20-18+. The molecule has 6 heteroatoms. The maximum atomic E-state index is 12.9. The number of hydrogen-bond acceptors (Lipinski definition) is 3. The lowest BCUT2D eigenvalue weighted by molar-refractivity contribution is -0.0322. The van der Waals surface area contributed by atoms with Crippen molar-refractivity contribution >= 4 is 17.5 Å². The summed E-state index contributed by atoms with van der Waals surface area (Å²) in [4.78, 5) is 12.3. The third-order valence-electron chi connectivity index (χ3n) is 3.99. The van der Waals surface area contributed by atoms with Gasteiger partial charge >= 0.3 is 5.51 Å². The van der Waals surface area contributed by atoms with Gasteiger partial charge in [0.2, 0.25) is 0 Å². The van der Waals surface area contributed by atoms with Gasteiger partial charge in [-0.25, -0.2) is 0 Å². The fraction of sp³-hybridized carbons (Fsp3) is 0.524. The molecule has 1 rings (SSSR count). The van der Waals surface area contributed by atoms with E-state index in [4.69, 9.17) is 0 Å². The number of halogens is 3. The normalized spacial score (nSPS) is 12.7. The van der Waals surface area contributed by atoms with Crippen LogP contribution in [0.15, 0.2) is 34.7 Å². The van der Waals surface area contributed by atoms with E-state index < -0.39 is 5.51 Å². The number of thioether (sulfide) groups is 1. The molecule has 0 aliphatic carbocycles. The van der Waals surface area contributed by atoms with E-state index in [1.165, 1.54) is 0 Å². The zero-order chi connectivity index (χ0) is 20.4. The second kappa shape index (κ2) is 11.2. The number of carbonyl (C=O) groups excluding carboxylic acids is 1. The van der Waals surface area contributed by atoms with E-state index in [0.717, 1.165) is 18.4 Å². The molecular formula is C21H26F3NOS. The number of unbranched alkanes of at least 4 members (excludes halogenated alkanes) is 1. The Morgan fingerprint density at radius 2 is 1.78 bits per heavy atom. The van der Waals surface area contributed by atoms with Crippen LogP contribution in [0, 0.1) is 17.2 Å². The number of hydrogen-bond donors (Lipinski definition) is 0. The van der Waals surface area contributed by atoms with Gasteiger partial charge in [-0.15, -0.1) is 0 Å². The number of allylic oxidation sites excluding steroid dienone is 2. The van der Waals surface area contributed by atoms with Gasteiger partial charge in [0.05, 0.1) is 6.07 Å². The van der Waals surface area contributed by atoms with Crippen LogP contribution in [0.25, 0.3) is 0 Å². The molecule has 0 saturated carbocycles. The van der Waals surface area contributed by atoms with Gasteiger partial charge in [-0.05, 0) is 48.9 Å². The highest BCUT2D eigenvalue weighted by atomic mass is 32.2. The maximum absolute atomic E-state index is 12.9. The van der Waals surface area contributed by atoms with Crippen molar-refractivity contribution in [3.63, 3.8) is 0 Å². The molecule has 148 valence electrons. The van der Waals surface area contributed by atoms with Crippen LogP contribution in [0.5, 0.6) is 0 Å². The Balaban J connectivity index is 2.86. The predicted octanol–water partition coefficient (Wildman–Crippen LogP) is 7.07. The molecule has 0 N–H and O–H groups in total. The van der Waals surface area contributed by atoms with E-state index in [0.29, 0.717) is 24.3 Å². The average Bonchev–Trinajstić information content (AvgIpc) is 2.58. The van der Waals surface area contributed by atoms with Crippen LogP contribution in [-0.2, 0) is 6.42 Å². The van der Waals surface area contributed by atoms with Gasteiger partial charge in [-0.1, -0.05) is 51.5 Å². The van der Waals surface area contributed by atoms with Crippen molar-refractivity contribution in [3.8, 4) is 6.07 Å². The summed E-state index contributed by atoms with van der Waals surface area (Å²) in [6, 6.07) is 9.12. The molecule has 27 heavy (non-hydrogen) atoms. The Morgan fingerprint density at radius 3 is 2.26 bits per heavy atom. The summed E-state index contributed by atoms with van der Waals surface area (Å²) in [6.45, 7) is 6.13. The molecule has 0 unspecified atom stereocenters. The number of nitrogens with zero attached hydrogens (tertiary/aromatic N) is 1. The van der Waals surface area contributed by atoms with Gasteiger partial charge in [0.25, 0.3) is 0 Å². The molecule has 1 aromatic rings. The topological polar surface area (TPSA) is 40.9 Å². The molecular weight excluding hydrogens is 371 g/mol. The van der Waals surface area contributed by atoms with Crippen molar-refractivity contribution in [2.45, 2.75) is 64.8 Å². The highest BCUT2D eigenvalue weighted by Crippen LogP contribution is 2.40. The molecule has 0 heterocycles. The molecule has 0 bridgehead atoms. The van der Waals surface area contributed by atoms with Gasteiger partial charge in [0.1, 0.15) is 0 Å². The summed E-state index contributed by atoms with van der Waals surface area (Å²) in [7, 11) is 0. The molecule has 0 spiro atoms. The summed E-state index contributed by atoms with van der Waals surface area (Å²) in [5.41, 5.74) is -2.71. The fourth-order valence-electron chi connectivity index (χ4n) is 2.68. The number of rotatable bonds is 10. The van der Waals surface area contributed by atoms with Gasteiger partial charge in [-0.3, -0.25) is 4.79 Å². The number of carbonyl (C=O) groups is 1. The van der Waals surface area contributed by atoms with Crippen LogP contribution in [0.4, 0.5) is 13.2 Å². The Hall–Kier alpha value is -1.74. The summed E-state index contributed by atoms with van der Waals surface area (Å²) in [5, 5.41) is 9.23. The first-order valence-corrected chi connectivity index (χ1v) is 9.98. The summed E-state index contributed by atoms with van der Waals surface area (Å²) >= 11 is -0.264. The molecule has 0 saturated heterocycles. The van der Waals surface area contributed by atoms with Crippen molar-refractivity contribution in [1.29, 1.82) is 5.26 Å². The van der Waals surface area contributed by atoms with Crippen molar-refractivity contribution in [2.75, 3.05) is 0 Å². The van der Waals surface area contributed by atoms with Crippen LogP contribution in [0.1, 0.15) is 68.8 Å². The second-order valence-electron chi connectivity index (χ2n) is 6.88. The number of ketones is 1. The maximum Gasteiger partial charge on any atom is 0.446 e. The third-order valence-corrected chi connectivity index (χ3v) is 4.92. The molecule has 0 aliphatic rings. The quantitative estimate of drug-likeness (QED) is 0.313. The van der Waals surface area contributed by atoms with Gasteiger partial charge in [0.15, 0.2) is 5.78 Å². The number of benzene rings is 1. The van der Waals surface area contributed by atoms with E-state index in [1.807, 2.05) is 25.1 Å². The summed E-state index contributed by atoms with van der Waals surface area (Å²) in [5.74, 6) is 0.297. The van der Waals surface area contributed by atoms with Gasteiger partial charge in [-0.2, -0.15) is 18.4 Å². The lowest BCUT2D eigenvalue weighted by Gasteiger charge is -2.12. The van der Waals surface area contributed by atoms with Crippen LogP contribution in [0.2, 0.25) is 0 Å². The molecule has 0 radical (unpaired) electrons.